The molecule has 2 heterocycles. The Morgan fingerprint density at radius 3 is 3.00 bits per heavy atom. The van der Waals surface area contributed by atoms with Crippen LogP contribution in [0, 0.1) is 0 Å². The lowest BCUT2D eigenvalue weighted by atomic mass is 10.2. The molecule has 0 saturated carbocycles. The van der Waals surface area contributed by atoms with Gasteiger partial charge in [0, 0.05) is 17.4 Å². The number of aromatic nitrogens is 4. The first-order chi connectivity index (χ1) is 8.02. The lowest BCUT2D eigenvalue weighted by molar-refractivity contribution is 0.744. The van der Waals surface area contributed by atoms with Gasteiger partial charge in [-0.25, -0.2) is 0 Å². The molecular weight excluding hydrogens is 258 g/mol. The maximum absolute atomic E-state index is 5.93. The highest BCUT2D eigenvalue weighted by molar-refractivity contribution is 7.99. The van der Waals surface area contributed by atoms with Gasteiger partial charge in [-0.1, -0.05) is 11.6 Å². The van der Waals surface area contributed by atoms with Crippen LogP contribution in [-0.2, 0) is 0 Å². The first-order valence-corrected chi connectivity index (χ1v) is 6.77. The Bertz CT molecular complexity index is 524. The first kappa shape index (κ1) is 12.4. The molecule has 92 valence electrons. The molecule has 0 bridgehead atoms. The van der Waals surface area contributed by atoms with E-state index in [1.54, 1.807) is 22.3 Å². The van der Waals surface area contributed by atoms with Crippen LogP contribution in [0.4, 0.5) is 5.82 Å². The quantitative estimate of drug-likeness (QED) is 0.865. The van der Waals surface area contributed by atoms with E-state index in [0.717, 1.165) is 12.4 Å². The zero-order valence-electron chi connectivity index (χ0n) is 9.94. The zero-order chi connectivity index (χ0) is 12.5. The van der Waals surface area contributed by atoms with Crippen LogP contribution in [0.3, 0.4) is 0 Å². The predicted molar refractivity (Wildman–Crippen MR) is 71.9 cm³/mol. The number of halogens is 1. The molecule has 0 aromatic carbocycles. The molecule has 0 aliphatic carbocycles. The van der Waals surface area contributed by atoms with E-state index in [4.69, 9.17) is 11.6 Å². The van der Waals surface area contributed by atoms with Gasteiger partial charge in [0.1, 0.15) is 17.3 Å². The number of hydrogen-bond acceptors (Lipinski definition) is 5. The van der Waals surface area contributed by atoms with Gasteiger partial charge >= 0.3 is 0 Å². The first-order valence-electron chi connectivity index (χ1n) is 5.17. The fourth-order valence-electron chi connectivity index (χ4n) is 1.28. The smallest absolute Gasteiger partial charge is 0.255 e. The van der Waals surface area contributed by atoms with Crippen LogP contribution in [0.5, 0.6) is 0 Å². The lowest BCUT2D eigenvalue weighted by Gasteiger charge is -2.22. The molecule has 0 radical (unpaired) electrons. The molecule has 0 unspecified atom stereocenters. The van der Waals surface area contributed by atoms with Gasteiger partial charge in [-0.3, -0.25) is 0 Å². The Hall–Kier alpha value is -1.01. The minimum Gasteiger partial charge on any atom is -0.368 e. The number of thioether (sulfide) groups is 1. The monoisotopic (exact) mass is 271 g/mol. The van der Waals surface area contributed by atoms with Crippen molar-refractivity contribution in [2.24, 2.45) is 0 Å². The summed E-state index contributed by atoms with van der Waals surface area (Å²) in [6.07, 6.45) is 3.55. The van der Waals surface area contributed by atoms with Crippen molar-refractivity contribution in [3.63, 3.8) is 0 Å². The van der Waals surface area contributed by atoms with Gasteiger partial charge in [0.2, 0.25) is 0 Å². The van der Waals surface area contributed by atoms with Crippen molar-refractivity contribution in [2.45, 2.75) is 18.6 Å². The van der Waals surface area contributed by atoms with Crippen molar-refractivity contribution < 1.29 is 0 Å². The molecule has 0 atom stereocenters. The largest absolute Gasteiger partial charge is 0.368 e. The molecule has 0 fully saturated rings. The van der Waals surface area contributed by atoms with E-state index < -0.39 is 0 Å². The second kappa shape index (κ2) is 4.70. The summed E-state index contributed by atoms with van der Waals surface area (Å²) in [5, 5.41) is 7.83. The van der Waals surface area contributed by atoms with Gasteiger partial charge in [0.15, 0.2) is 0 Å². The normalized spacial score (nSPS) is 12.0. The number of anilines is 1. The van der Waals surface area contributed by atoms with E-state index in [2.05, 4.69) is 40.5 Å². The van der Waals surface area contributed by atoms with Crippen molar-refractivity contribution in [2.75, 3.05) is 18.1 Å². The summed E-state index contributed by atoms with van der Waals surface area (Å²) in [6, 6.07) is 1.75. The summed E-state index contributed by atoms with van der Waals surface area (Å²) >= 11 is 7.73. The second-order valence-electron chi connectivity index (χ2n) is 4.25. The summed E-state index contributed by atoms with van der Waals surface area (Å²) in [6.45, 7) is 5.15. The molecule has 0 aliphatic heterocycles. The molecule has 0 saturated heterocycles. The van der Waals surface area contributed by atoms with Crippen molar-refractivity contribution >= 4 is 35.0 Å². The van der Waals surface area contributed by atoms with Crippen LogP contribution in [-0.4, -0.2) is 37.1 Å². The summed E-state index contributed by atoms with van der Waals surface area (Å²) in [5.41, 5.74) is 0. The predicted octanol–water partition coefficient (Wildman–Crippen LogP) is 2.33. The van der Waals surface area contributed by atoms with Crippen LogP contribution in [0.1, 0.15) is 13.8 Å². The Balaban J connectivity index is 2.26. The minimum absolute atomic E-state index is 0.142. The Labute approximate surface area is 109 Å². The molecule has 5 nitrogen and oxygen atoms in total. The van der Waals surface area contributed by atoms with Crippen LogP contribution in [0.25, 0.3) is 5.78 Å². The molecule has 0 aliphatic rings. The standard InChI is InChI=1S/C10H14ClN5S/c1-10(2,17-3)5-12-8-4-7(11)15-9-13-6-14-16(8)9/h4,6,12H,5H2,1-3H3. The molecule has 2 rings (SSSR count). The van der Waals surface area contributed by atoms with Gasteiger partial charge in [-0.05, 0) is 20.1 Å². The van der Waals surface area contributed by atoms with Crippen LogP contribution < -0.4 is 5.32 Å². The number of hydrogen-bond donors (Lipinski definition) is 1. The fraction of sp³-hybridized carbons (Fsp3) is 0.500. The van der Waals surface area contributed by atoms with Gasteiger partial charge in [0.05, 0.1) is 0 Å². The van der Waals surface area contributed by atoms with Gasteiger partial charge in [0.25, 0.3) is 5.78 Å². The maximum atomic E-state index is 5.93. The van der Waals surface area contributed by atoms with Gasteiger partial charge < -0.3 is 5.32 Å². The third-order valence-electron chi connectivity index (χ3n) is 2.47. The van der Waals surface area contributed by atoms with Crippen LogP contribution in [0.15, 0.2) is 12.4 Å². The van der Waals surface area contributed by atoms with Crippen molar-refractivity contribution in [3.8, 4) is 0 Å². The van der Waals surface area contributed by atoms with Crippen molar-refractivity contribution in [1.29, 1.82) is 0 Å². The van der Waals surface area contributed by atoms with Crippen LogP contribution in [0.2, 0.25) is 5.15 Å². The van der Waals surface area contributed by atoms with Gasteiger partial charge in [-0.15, -0.1) is 0 Å². The molecular formula is C10H14ClN5S. The van der Waals surface area contributed by atoms with E-state index in [9.17, 15) is 0 Å². The van der Waals surface area contributed by atoms with Gasteiger partial charge in [-0.2, -0.15) is 31.3 Å². The van der Waals surface area contributed by atoms with E-state index >= 15 is 0 Å². The SMILES string of the molecule is CSC(C)(C)CNc1cc(Cl)nc2ncnn12. The highest BCUT2D eigenvalue weighted by atomic mass is 35.5. The summed E-state index contributed by atoms with van der Waals surface area (Å²) < 4.78 is 1.78. The molecule has 17 heavy (non-hydrogen) atoms. The molecule has 2 aromatic heterocycles. The van der Waals surface area contributed by atoms with E-state index in [0.29, 0.717) is 10.9 Å². The molecule has 2 aromatic rings. The highest BCUT2D eigenvalue weighted by Gasteiger charge is 2.16. The third-order valence-corrected chi connectivity index (χ3v) is 3.91. The average Bonchev–Trinajstić information content (AvgIpc) is 2.73. The van der Waals surface area contributed by atoms with Crippen molar-refractivity contribution in [3.05, 3.63) is 17.5 Å². The van der Waals surface area contributed by atoms with Crippen LogP contribution >= 0.6 is 23.4 Å². The third kappa shape index (κ3) is 2.81. The highest BCUT2D eigenvalue weighted by Crippen LogP contribution is 2.22. The summed E-state index contributed by atoms with van der Waals surface area (Å²) in [4.78, 5) is 8.09. The molecule has 1 N–H and O–H groups in total. The molecule has 0 spiro atoms. The Morgan fingerprint density at radius 1 is 1.53 bits per heavy atom. The second-order valence-corrected chi connectivity index (χ2v) is 6.15. The van der Waals surface area contributed by atoms with E-state index in [-0.39, 0.29) is 4.75 Å². The summed E-state index contributed by atoms with van der Waals surface area (Å²) in [5.74, 6) is 1.31. The average molecular weight is 272 g/mol. The summed E-state index contributed by atoms with van der Waals surface area (Å²) in [7, 11) is 0. The molecule has 0 amide bonds. The van der Waals surface area contributed by atoms with E-state index in [1.165, 1.54) is 6.33 Å². The van der Waals surface area contributed by atoms with E-state index in [1.807, 2.05) is 0 Å². The number of nitrogens with one attached hydrogen (secondary N) is 1. The minimum atomic E-state index is 0.142. The maximum Gasteiger partial charge on any atom is 0.255 e. The Morgan fingerprint density at radius 2 is 2.29 bits per heavy atom. The number of fused-ring (bicyclic) bond motifs is 1. The van der Waals surface area contributed by atoms with Crippen molar-refractivity contribution in [1.82, 2.24) is 19.6 Å². The molecule has 7 heteroatoms. The number of nitrogens with zero attached hydrogens (tertiary/aromatic N) is 4. The zero-order valence-corrected chi connectivity index (χ0v) is 11.5. The lowest BCUT2D eigenvalue weighted by Crippen LogP contribution is -2.26. The Kier molecular flexibility index (Phi) is 3.44. The topological polar surface area (TPSA) is 55.1 Å². The fourth-order valence-corrected chi connectivity index (χ4v) is 1.68. The number of rotatable bonds is 4.